The van der Waals surface area contributed by atoms with Crippen LogP contribution in [0.4, 0.5) is 5.69 Å². The zero-order valence-corrected chi connectivity index (χ0v) is 14.3. The van der Waals surface area contributed by atoms with Gasteiger partial charge in [-0.1, -0.05) is 23.2 Å². The molecule has 4 nitrogen and oxygen atoms in total. The van der Waals surface area contributed by atoms with Crippen molar-refractivity contribution in [2.75, 3.05) is 12.3 Å². The number of halogens is 2. The van der Waals surface area contributed by atoms with Gasteiger partial charge >= 0.3 is 0 Å². The molecule has 0 fully saturated rings. The molecule has 0 aliphatic carbocycles. The second kappa shape index (κ2) is 5.72. The summed E-state index contributed by atoms with van der Waals surface area (Å²) in [7, 11) is 0. The van der Waals surface area contributed by atoms with E-state index in [-0.39, 0.29) is 5.91 Å². The average Bonchev–Trinajstić information content (AvgIpc) is 2.91. The highest BCUT2D eigenvalue weighted by molar-refractivity contribution is 6.34. The number of hydrogen-bond donors (Lipinski definition) is 2. The van der Waals surface area contributed by atoms with Crippen molar-refractivity contribution in [3.05, 3.63) is 63.3 Å². The third kappa shape index (κ3) is 2.52. The number of carbonyl (C=O) groups excluding carboxylic acids is 1. The van der Waals surface area contributed by atoms with E-state index in [0.717, 1.165) is 28.0 Å². The Morgan fingerprint density at radius 2 is 2.00 bits per heavy atom. The summed E-state index contributed by atoms with van der Waals surface area (Å²) in [6.07, 6.45) is 0.786. The smallest absolute Gasteiger partial charge is 0.255 e. The van der Waals surface area contributed by atoms with E-state index in [1.54, 1.807) is 23.1 Å². The molecule has 1 aliphatic heterocycles. The maximum absolute atomic E-state index is 12.8. The van der Waals surface area contributed by atoms with Crippen molar-refractivity contribution in [2.45, 2.75) is 13.0 Å². The van der Waals surface area contributed by atoms with Crippen LogP contribution in [0.15, 0.2) is 36.4 Å². The van der Waals surface area contributed by atoms with Gasteiger partial charge in [0.15, 0.2) is 0 Å². The van der Waals surface area contributed by atoms with Gasteiger partial charge in [0.05, 0.1) is 17.1 Å². The number of hydrogen-bond acceptors (Lipinski definition) is 2. The second-order valence-corrected chi connectivity index (χ2v) is 6.83. The van der Waals surface area contributed by atoms with Crippen molar-refractivity contribution < 1.29 is 4.79 Å². The molecule has 3 aromatic rings. The fraction of sp³-hybridized carbons (Fsp3) is 0.167. The minimum Gasteiger partial charge on any atom is -0.399 e. The first kappa shape index (κ1) is 15.4. The zero-order valence-electron chi connectivity index (χ0n) is 12.8. The van der Waals surface area contributed by atoms with Gasteiger partial charge in [-0.3, -0.25) is 4.79 Å². The SMILES string of the molecule is Nc1ccc(C(=O)N2CCc3c([nH]c4ccc(Cl)cc34)C2)c(Cl)c1. The van der Waals surface area contributed by atoms with E-state index in [2.05, 4.69) is 4.98 Å². The molecule has 0 unspecified atom stereocenters. The molecule has 6 heteroatoms. The quantitative estimate of drug-likeness (QED) is 0.637. The van der Waals surface area contributed by atoms with Crippen LogP contribution in [0.2, 0.25) is 10.0 Å². The normalized spacial score (nSPS) is 14.0. The Morgan fingerprint density at radius 3 is 2.79 bits per heavy atom. The molecule has 1 aliphatic rings. The number of benzene rings is 2. The van der Waals surface area contributed by atoms with Crippen LogP contribution in [-0.2, 0) is 13.0 Å². The molecule has 0 radical (unpaired) electrons. The van der Waals surface area contributed by atoms with Gasteiger partial charge in [-0.2, -0.15) is 0 Å². The van der Waals surface area contributed by atoms with E-state index >= 15 is 0 Å². The number of nitrogens with zero attached hydrogens (tertiary/aromatic N) is 1. The summed E-state index contributed by atoms with van der Waals surface area (Å²) in [6, 6.07) is 10.8. The fourth-order valence-corrected chi connectivity index (χ4v) is 3.70. The van der Waals surface area contributed by atoms with Crippen LogP contribution in [0.1, 0.15) is 21.6 Å². The summed E-state index contributed by atoms with van der Waals surface area (Å²) in [4.78, 5) is 18.0. The lowest BCUT2D eigenvalue weighted by molar-refractivity contribution is 0.0733. The van der Waals surface area contributed by atoms with E-state index in [1.807, 2.05) is 18.2 Å². The first-order valence-corrected chi connectivity index (χ1v) is 8.42. The Kier molecular flexibility index (Phi) is 3.66. The lowest BCUT2D eigenvalue weighted by Gasteiger charge is -2.27. The van der Waals surface area contributed by atoms with Gasteiger partial charge in [0.25, 0.3) is 5.91 Å². The monoisotopic (exact) mass is 359 g/mol. The highest BCUT2D eigenvalue weighted by Crippen LogP contribution is 2.31. The van der Waals surface area contributed by atoms with Gasteiger partial charge in [0.2, 0.25) is 0 Å². The molecule has 3 N–H and O–H groups in total. The van der Waals surface area contributed by atoms with Gasteiger partial charge in [0, 0.05) is 33.9 Å². The third-order valence-electron chi connectivity index (χ3n) is 4.45. The predicted octanol–water partition coefficient (Wildman–Crippen LogP) is 4.26. The van der Waals surface area contributed by atoms with Crippen LogP contribution in [0.3, 0.4) is 0 Å². The molecule has 122 valence electrons. The van der Waals surface area contributed by atoms with Gasteiger partial charge in [-0.15, -0.1) is 0 Å². The van der Waals surface area contributed by atoms with Crippen LogP contribution in [0.25, 0.3) is 10.9 Å². The van der Waals surface area contributed by atoms with Gasteiger partial charge in [-0.25, -0.2) is 0 Å². The largest absolute Gasteiger partial charge is 0.399 e. The highest BCUT2D eigenvalue weighted by Gasteiger charge is 2.25. The van der Waals surface area contributed by atoms with Crippen LogP contribution in [-0.4, -0.2) is 22.3 Å². The third-order valence-corrected chi connectivity index (χ3v) is 5.00. The van der Waals surface area contributed by atoms with Crippen LogP contribution < -0.4 is 5.73 Å². The Balaban J connectivity index is 1.66. The molecule has 1 amide bonds. The zero-order chi connectivity index (χ0) is 16.8. The number of anilines is 1. The number of rotatable bonds is 1. The minimum atomic E-state index is -0.0812. The maximum Gasteiger partial charge on any atom is 0.255 e. The van der Waals surface area contributed by atoms with Gasteiger partial charge in [-0.05, 0) is 48.4 Å². The summed E-state index contributed by atoms with van der Waals surface area (Å²) in [5, 5.41) is 2.24. The standard InChI is InChI=1S/C18H15Cl2N3O/c19-10-1-4-16-14(7-10)12-5-6-23(9-17(12)22-16)18(24)13-3-2-11(21)8-15(13)20/h1-4,7-8,22H,5-6,9,21H2. The summed E-state index contributed by atoms with van der Waals surface area (Å²) < 4.78 is 0. The van der Waals surface area contributed by atoms with E-state index in [1.165, 1.54) is 5.56 Å². The summed E-state index contributed by atoms with van der Waals surface area (Å²) in [5.74, 6) is -0.0812. The first-order chi connectivity index (χ1) is 11.5. The van der Waals surface area contributed by atoms with Gasteiger partial charge in [0.1, 0.15) is 0 Å². The molecule has 2 aromatic carbocycles. The van der Waals surface area contributed by atoms with Crippen molar-refractivity contribution in [3.63, 3.8) is 0 Å². The predicted molar refractivity (Wildman–Crippen MR) is 97.6 cm³/mol. The van der Waals surface area contributed by atoms with E-state index < -0.39 is 0 Å². The number of fused-ring (bicyclic) bond motifs is 3. The van der Waals surface area contributed by atoms with Crippen molar-refractivity contribution in [3.8, 4) is 0 Å². The lowest BCUT2D eigenvalue weighted by atomic mass is 10.0. The summed E-state index contributed by atoms with van der Waals surface area (Å²) >= 11 is 12.3. The Hall–Kier alpha value is -2.17. The molecule has 0 saturated heterocycles. The molecular weight excluding hydrogens is 345 g/mol. The number of nitrogens with two attached hydrogens (primary N) is 1. The van der Waals surface area contributed by atoms with Gasteiger partial charge < -0.3 is 15.6 Å². The average molecular weight is 360 g/mol. The molecule has 1 aromatic heterocycles. The van der Waals surface area contributed by atoms with E-state index in [4.69, 9.17) is 28.9 Å². The second-order valence-electron chi connectivity index (χ2n) is 5.99. The van der Waals surface area contributed by atoms with E-state index in [9.17, 15) is 4.79 Å². The minimum absolute atomic E-state index is 0.0812. The first-order valence-electron chi connectivity index (χ1n) is 7.66. The van der Waals surface area contributed by atoms with Crippen molar-refractivity contribution in [1.82, 2.24) is 9.88 Å². The fourth-order valence-electron chi connectivity index (χ4n) is 3.26. The van der Waals surface area contributed by atoms with E-state index in [0.29, 0.717) is 29.4 Å². The molecule has 0 spiro atoms. The number of H-pyrrole nitrogens is 1. The molecule has 0 saturated carbocycles. The number of carbonyl (C=O) groups is 1. The number of nitrogens with one attached hydrogen (secondary N) is 1. The lowest BCUT2D eigenvalue weighted by Crippen LogP contribution is -2.36. The summed E-state index contributed by atoms with van der Waals surface area (Å²) in [6.45, 7) is 1.17. The topological polar surface area (TPSA) is 62.1 Å². The highest BCUT2D eigenvalue weighted by atomic mass is 35.5. The number of nitrogen functional groups attached to an aromatic ring is 1. The van der Waals surface area contributed by atoms with Crippen molar-refractivity contribution >= 4 is 45.7 Å². The van der Waals surface area contributed by atoms with Crippen molar-refractivity contribution in [2.24, 2.45) is 0 Å². The van der Waals surface area contributed by atoms with Crippen LogP contribution >= 0.6 is 23.2 Å². The number of aromatic amines is 1. The maximum atomic E-state index is 12.8. The Bertz CT molecular complexity index is 964. The number of amides is 1. The molecule has 0 bridgehead atoms. The van der Waals surface area contributed by atoms with Crippen molar-refractivity contribution in [1.29, 1.82) is 0 Å². The van der Waals surface area contributed by atoms with Crippen LogP contribution in [0.5, 0.6) is 0 Å². The molecule has 4 rings (SSSR count). The van der Waals surface area contributed by atoms with Crippen LogP contribution in [0, 0.1) is 0 Å². The number of aromatic nitrogens is 1. The Labute approximate surface area is 149 Å². The summed E-state index contributed by atoms with van der Waals surface area (Å²) in [5.41, 5.74) is 10.1. The molecule has 24 heavy (non-hydrogen) atoms. The molecule has 2 heterocycles. The molecular formula is C18H15Cl2N3O. The molecule has 0 atom stereocenters. The Morgan fingerprint density at radius 1 is 1.17 bits per heavy atom.